The number of anilines is 2. The molecule has 3 rings (SSSR count). The van der Waals surface area contributed by atoms with Crippen molar-refractivity contribution >= 4 is 40.5 Å². The molecule has 0 aliphatic carbocycles. The van der Waals surface area contributed by atoms with Gasteiger partial charge in [-0.15, -0.1) is 0 Å². The summed E-state index contributed by atoms with van der Waals surface area (Å²) in [6.45, 7) is 4.59. The molecule has 0 radical (unpaired) electrons. The van der Waals surface area contributed by atoms with Crippen molar-refractivity contribution < 1.29 is 14.3 Å². The molecule has 0 aliphatic rings. The van der Waals surface area contributed by atoms with E-state index >= 15 is 0 Å². The summed E-state index contributed by atoms with van der Waals surface area (Å²) in [5, 5.41) is 8.69. The van der Waals surface area contributed by atoms with Crippen LogP contribution in [0.5, 0.6) is 5.75 Å². The van der Waals surface area contributed by atoms with Crippen LogP contribution in [-0.4, -0.2) is 23.5 Å². The molecule has 0 aromatic heterocycles. The smallest absolute Gasteiger partial charge is 0.257 e. The van der Waals surface area contributed by atoms with E-state index in [4.69, 9.17) is 17.0 Å². The number of carbonyl (C=O) groups is 2. The third-order valence-corrected chi connectivity index (χ3v) is 5.06. The number of carbonyl (C=O) groups excluding carboxylic acids is 2. The van der Waals surface area contributed by atoms with E-state index in [9.17, 15) is 9.59 Å². The number of amides is 2. The molecule has 0 saturated heterocycles. The number of unbranched alkanes of at least 4 members (excludes halogenated alkanes) is 1. The first kappa shape index (κ1) is 23.9. The van der Waals surface area contributed by atoms with Crippen molar-refractivity contribution in [2.75, 3.05) is 17.2 Å². The molecule has 6 nitrogen and oxygen atoms in total. The lowest BCUT2D eigenvalue weighted by atomic mass is 10.1. The van der Waals surface area contributed by atoms with Gasteiger partial charge in [0.25, 0.3) is 11.8 Å². The fourth-order valence-corrected chi connectivity index (χ4v) is 3.31. The summed E-state index contributed by atoms with van der Waals surface area (Å²) < 4.78 is 5.66. The molecule has 0 unspecified atom stereocenters. The lowest BCUT2D eigenvalue weighted by molar-refractivity contribution is 0.0976. The maximum atomic E-state index is 12.6. The zero-order valence-electron chi connectivity index (χ0n) is 18.7. The largest absolute Gasteiger partial charge is 0.494 e. The van der Waals surface area contributed by atoms with Crippen LogP contribution in [0.15, 0.2) is 72.8 Å². The Balaban J connectivity index is 1.58. The van der Waals surface area contributed by atoms with E-state index in [-0.39, 0.29) is 16.9 Å². The van der Waals surface area contributed by atoms with Gasteiger partial charge < -0.3 is 15.4 Å². The number of aryl methyl sites for hydroxylation is 1. The molecule has 3 aromatic rings. The number of hydrogen-bond donors (Lipinski definition) is 3. The zero-order chi connectivity index (χ0) is 23.6. The molecule has 33 heavy (non-hydrogen) atoms. The van der Waals surface area contributed by atoms with E-state index in [0.717, 1.165) is 18.4 Å². The van der Waals surface area contributed by atoms with Crippen LogP contribution >= 0.6 is 12.2 Å². The molecule has 0 bridgehead atoms. The maximum absolute atomic E-state index is 12.6. The molecular weight excluding hydrogens is 434 g/mol. The van der Waals surface area contributed by atoms with Crippen LogP contribution in [0.4, 0.5) is 11.4 Å². The molecule has 0 heterocycles. The molecule has 0 aliphatic heterocycles. The van der Waals surface area contributed by atoms with Gasteiger partial charge in [0.2, 0.25) is 0 Å². The van der Waals surface area contributed by atoms with E-state index in [1.807, 2.05) is 31.2 Å². The lowest BCUT2D eigenvalue weighted by Crippen LogP contribution is -2.34. The van der Waals surface area contributed by atoms with Gasteiger partial charge >= 0.3 is 0 Å². The first-order chi connectivity index (χ1) is 16.0. The van der Waals surface area contributed by atoms with Crippen molar-refractivity contribution in [3.8, 4) is 5.75 Å². The first-order valence-corrected chi connectivity index (χ1v) is 11.2. The van der Waals surface area contributed by atoms with Crippen molar-refractivity contribution in [2.45, 2.75) is 26.7 Å². The molecule has 3 aromatic carbocycles. The molecule has 0 fully saturated rings. The van der Waals surface area contributed by atoms with Crippen molar-refractivity contribution in [1.82, 2.24) is 5.32 Å². The SMILES string of the molecule is CCCCOc1cccc(C(=O)NC(=S)Nc2cccc(NC(=O)c3ccccc3C)c2)c1. The Morgan fingerprint density at radius 2 is 1.61 bits per heavy atom. The molecule has 170 valence electrons. The summed E-state index contributed by atoms with van der Waals surface area (Å²) in [6.07, 6.45) is 1.99. The minimum Gasteiger partial charge on any atom is -0.494 e. The summed E-state index contributed by atoms with van der Waals surface area (Å²) in [5.41, 5.74) is 3.21. The highest BCUT2D eigenvalue weighted by Gasteiger charge is 2.11. The van der Waals surface area contributed by atoms with E-state index in [0.29, 0.717) is 34.9 Å². The van der Waals surface area contributed by atoms with E-state index in [1.54, 1.807) is 48.5 Å². The summed E-state index contributed by atoms with van der Waals surface area (Å²) >= 11 is 5.29. The Bertz CT molecular complexity index is 1150. The molecule has 0 spiro atoms. The Morgan fingerprint density at radius 1 is 0.879 bits per heavy atom. The number of benzene rings is 3. The van der Waals surface area contributed by atoms with Crippen LogP contribution < -0.4 is 20.7 Å². The van der Waals surface area contributed by atoms with Crippen molar-refractivity contribution in [3.63, 3.8) is 0 Å². The zero-order valence-corrected chi connectivity index (χ0v) is 19.5. The Hall–Kier alpha value is -3.71. The van der Waals surface area contributed by atoms with Gasteiger partial charge in [-0.1, -0.05) is 43.7 Å². The molecular formula is C26H27N3O3S. The average molecular weight is 462 g/mol. The number of thiocarbonyl (C=S) groups is 1. The van der Waals surface area contributed by atoms with Crippen molar-refractivity contribution in [3.05, 3.63) is 89.5 Å². The van der Waals surface area contributed by atoms with Crippen LogP contribution in [0.1, 0.15) is 46.0 Å². The average Bonchev–Trinajstić information content (AvgIpc) is 2.80. The lowest BCUT2D eigenvalue weighted by Gasteiger charge is -2.12. The normalized spacial score (nSPS) is 10.2. The third kappa shape index (κ3) is 7.15. The van der Waals surface area contributed by atoms with Crippen LogP contribution in [0, 0.1) is 6.92 Å². The fourth-order valence-electron chi connectivity index (χ4n) is 3.10. The van der Waals surface area contributed by atoms with Gasteiger partial charge in [0.05, 0.1) is 6.61 Å². The van der Waals surface area contributed by atoms with Gasteiger partial charge in [-0.05, 0) is 73.6 Å². The molecule has 7 heteroatoms. The van der Waals surface area contributed by atoms with Gasteiger partial charge in [0.1, 0.15) is 5.75 Å². The summed E-state index contributed by atoms with van der Waals surface area (Å²) in [6, 6.07) is 21.5. The predicted molar refractivity (Wildman–Crippen MR) is 136 cm³/mol. The second-order valence-electron chi connectivity index (χ2n) is 7.49. The van der Waals surface area contributed by atoms with E-state index < -0.39 is 0 Å². The minimum atomic E-state index is -0.336. The standard InChI is InChI=1S/C26H27N3O3S/c1-3-4-15-32-22-13-7-10-19(16-22)24(30)29-26(33)28-21-12-8-11-20(17-21)27-25(31)23-14-6-5-9-18(23)2/h5-14,16-17H,3-4,15H2,1-2H3,(H,27,31)(H2,28,29,30,33). The number of hydrogen-bond acceptors (Lipinski definition) is 4. The second-order valence-corrected chi connectivity index (χ2v) is 7.90. The van der Waals surface area contributed by atoms with E-state index in [2.05, 4.69) is 22.9 Å². The molecule has 3 N–H and O–H groups in total. The highest BCUT2D eigenvalue weighted by molar-refractivity contribution is 7.80. The van der Waals surface area contributed by atoms with Crippen LogP contribution in [0.2, 0.25) is 0 Å². The van der Waals surface area contributed by atoms with Crippen molar-refractivity contribution in [2.24, 2.45) is 0 Å². The van der Waals surface area contributed by atoms with Crippen LogP contribution in [0.3, 0.4) is 0 Å². The fraction of sp³-hybridized carbons (Fsp3) is 0.192. The monoisotopic (exact) mass is 461 g/mol. The highest BCUT2D eigenvalue weighted by Crippen LogP contribution is 2.18. The summed E-state index contributed by atoms with van der Waals surface area (Å²) in [5.74, 6) is 0.117. The molecule has 2 amide bonds. The Kier molecular flexibility index (Phi) is 8.55. The van der Waals surface area contributed by atoms with Crippen LogP contribution in [0.25, 0.3) is 0 Å². The Labute approximate surface area is 199 Å². The first-order valence-electron chi connectivity index (χ1n) is 10.8. The van der Waals surface area contributed by atoms with Crippen molar-refractivity contribution in [1.29, 1.82) is 0 Å². The second kappa shape index (κ2) is 11.8. The molecule has 0 atom stereocenters. The number of ether oxygens (including phenoxy) is 1. The quantitative estimate of drug-likeness (QED) is 0.303. The van der Waals surface area contributed by atoms with Gasteiger partial charge in [0, 0.05) is 22.5 Å². The minimum absolute atomic E-state index is 0.152. The van der Waals surface area contributed by atoms with Gasteiger partial charge in [-0.25, -0.2) is 0 Å². The topological polar surface area (TPSA) is 79.5 Å². The maximum Gasteiger partial charge on any atom is 0.257 e. The predicted octanol–water partition coefficient (Wildman–Crippen LogP) is 5.55. The van der Waals surface area contributed by atoms with E-state index in [1.165, 1.54) is 0 Å². The van der Waals surface area contributed by atoms with Gasteiger partial charge in [-0.2, -0.15) is 0 Å². The number of rotatable bonds is 8. The van der Waals surface area contributed by atoms with Gasteiger partial charge in [-0.3, -0.25) is 14.9 Å². The highest BCUT2D eigenvalue weighted by atomic mass is 32.1. The van der Waals surface area contributed by atoms with Gasteiger partial charge in [0.15, 0.2) is 5.11 Å². The molecule has 0 saturated carbocycles. The Morgan fingerprint density at radius 3 is 2.36 bits per heavy atom. The number of nitrogens with one attached hydrogen (secondary N) is 3. The summed E-state index contributed by atoms with van der Waals surface area (Å²) in [4.78, 5) is 25.1. The van der Waals surface area contributed by atoms with Crippen LogP contribution in [-0.2, 0) is 0 Å². The third-order valence-electron chi connectivity index (χ3n) is 4.86. The summed E-state index contributed by atoms with van der Waals surface area (Å²) in [7, 11) is 0.